The molecule has 9 rings (SSSR count). The molecule has 1 saturated carbocycles. The number of benzene rings is 3. The van der Waals surface area contributed by atoms with E-state index in [9.17, 15) is 35.6 Å². The van der Waals surface area contributed by atoms with Gasteiger partial charge in [0.25, 0.3) is 17.9 Å². The van der Waals surface area contributed by atoms with Gasteiger partial charge in [0.05, 0.1) is 51.4 Å². The molecule has 334 valence electrons. The van der Waals surface area contributed by atoms with Crippen LogP contribution in [0.1, 0.15) is 58.8 Å². The van der Waals surface area contributed by atoms with E-state index in [1.54, 1.807) is 24.0 Å². The zero-order chi connectivity index (χ0) is 45.6. The van der Waals surface area contributed by atoms with Crippen LogP contribution < -0.4 is 20.3 Å². The smallest absolute Gasteiger partial charge is 0.293 e. The summed E-state index contributed by atoms with van der Waals surface area (Å²) < 4.78 is 127. The Bertz CT molecular complexity index is 3200. The van der Waals surface area contributed by atoms with Gasteiger partial charge in [-0.25, -0.2) is 31.0 Å². The van der Waals surface area contributed by atoms with Gasteiger partial charge >= 0.3 is 0 Å². The lowest BCUT2D eigenvalue weighted by Crippen LogP contribution is -2.38. The molecule has 7 aromatic rings. The first-order valence-corrected chi connectivity index (χ1v) is 21.9. The highest BCUT2D eigenvalue weighted by Crippen LogP contribution is 2.68. The van der Waals surface area contributed by atoms with Crippen LogP contribution in [0.3, 0.4) is 0 Å². The van der Waals surface area contributed by atoms with E-state index in [4.69, 9.17) is 21.3 Å². The first-order chi connectivity index (χ1) is 30.3. The highest BCUT2D eigenvalue weighted by molar-refractivity contribution is 7.92. The second-order valence-corrected chi connectivity index (χ2v) is 17.9. The Labute approximate surface area is 363 Å². The number of aromatic nitrogens is 8. The fourth-order valence-electron chi connectivity index (χ4n) is 8.57. The number of amides is 1. The molecule has 0 unspecified atom stereocenters. The Morgan fingerprint density at radius 3 is 2.47 bits per heavy atom. The number of ether oxygens (including phenoxy) is 1. The molecular formula is C41H35ClF6N10O5S. The van der Waals surface area contributed by atoms with Gasteiger partial charge in [-0.2, -0.15) is 24.1 Å². The van der Waals surface area contributed by atoms with Gasteiger partial charge in [0, 0.05) is 62.4 Å². The van der Waals surface area contributed by atoms with Gasteiger partial charge in [0.1, 0.15) is 41.1 Å². The van der Waals surface area contributed by atoms with Crippen molar-refractivity contribution in [3.8, 4) is 11.4 Å². The minimum atomic E-state index is -3.92. The largest absolute Gasteiger partial charge is 0.493 e. The SMILES string of the molecule is Cn1nccc1CCOc1ccc2c(=O)n(-c3ccc(Cl)c4c(NS(C)(=O)=O)nn(C)c34)c([C@H](Cc3cc(F)cc(F)c3)NC(=O)Cn3nc(C(F)F)c4c3C(F)(F)[C@@H]3C[C@H]43)nc2c1. The fraction of sp³-hybridized carbons (Fsp3) is 0.317. The van der Waals surface area contributed by atoms with Crippen molar-refractivity contribution >= 4 is 55.2 Å². The Hall–Kier alpha value is -6.42. The first kappa shape index (κ1) is 42.9. The number of hydrogen-bond donors (Lipinski definition) is 2. The zero-order valence-corrected chi connectivity index (χ0v) is 35.4. The molecule has 2 aliphatic rings. The van der Waals surface area contributed by atoms with Crippen LogP contribution in [0.5, 0.6) is 5.75 Å². The number of alkyl halides is 4. The van der Waals surface area contributed by atoms with Crippen LogP contribution in [0, 0.1) is 17.6 Å². The van der Waals surface area contributed by atoms with Crippen LogP contribution in [0.25, 0.3) is 27.5 Å². The molecule has 0 aliphatic heterocycles. The van der Waals surface area contributed by atoms with Crippen molar-refractivity contribution in [1.29, 1.82) is 0 Å². The number of anilines is 1. The van der Waals surface area contributed by atoms with Gasteiger partial charge in [0.2, 0.25) is 15.9 Å². The number of carbonyl (C=O) groups excluding carboxylic acids is 1. The van der Waals surface area contributed by atoms with Crippen molar-refractivity contribution in [2.24, 2.45) is 20.0 Å². The predicted molar refractivity (Wildman–Crippen MR) is 220 cm³/mol. The Balaban J connectivity index is 1.21. The average molecular weight is 929 g/mol. The van der Waals surface area contributed by atoms with Crippen molar-refractivity contribution in [2.45, 2.75) is 50.1 Å². The number of hydrogen-bond acceptors (Lipinski definition) is 9. The highest BCUT2D eigenvalue weighted by Gasteiger charge is 2.67. The topological polar surface area (TPSA) is 173 Å². The Morgan fingerprint density at radius 1 is 1.03 bits per heavy atom. The third-order valence-corrected chi connectivity index (χ3v) is 12.2. The number of fused-ring (bicyclic) bond motifs is 5. The van der Waals surface area contributed by atoms with E-state index < -0.39 is 87.7 Å². The molecule has 3 aromatic carbocycles. The van der Waals surface area contributed by atoms with Crippen molar-refractivity contribution in [3.05, 3.63) is 122 Å². The number of sulfonamides is 1. The molecule has 4 aromatic heterocycles. The summed E-state index contributed by atoms with van der Waals surface area (Å²) in [6, 6.07) is 10.1. The van der Waals surface area contributed by atoms with E-state index in [1.165, 1.54) is 36.0 Å². The first-order valence-electron chi connectivity index (χ1n) is 19.6. The quantitative estimate of drug-likeness (QED) is 0.118. The number of nitrogens with zero attached hydrogens (tertiary/aromatic N) is 8. The summed E-state index contributed by atoms with van der Waals surface area (Å²) in [5.74, 6) is -8.78. The lowest BCUT2D eigenvalue weighted by atomic mass is 10.0. The molecule has 2 N–H and O–H groups in total. The van der Waals surface area contributed by atoms with Gasteiger partial charge in [-0.05, 0) is 60.4 Å². The second-order valence-electron chi connectivity index (χ2n) is 15.8. The van der Waals surface area contributed by atoms with E-state index >= 15 is 8.78 Å². The van der Waals surface area contributed by atoms with Crippen molar-refractivity contribution in [3.63, 3.8) is 0 Å². The average Bonchev–Trinajstić information content (AvgIpc) is 3.48. The Kier molecular flexibility index (Phi) is 10.5. The maximum atomic E-state index is 15.5. The number of carbonyl (C=O) groups is 1. The Morgan fingerprint density at radius 2 is 1.78 bits per heavy atom. The van der Waals surface area contributed by atoms with Crippen LogP contribution in [0.2, 0.25) is 5.02 Å². The van der Waals surface area contributed by atoms with Gasteiger partial charge in [-0.3, -0.25) is 32.9 Å². The van der Waals surface area contributed by atoms with E-state index in [2.05, 4.69) is 25.3 Å². The highest BCUT2D eigenvalue weighted by atomic mass is 35.5. The summed E-state index contributed by atoms with van der Waals surface area (Å²) >= 11 is 6.63. The third-order valence-electron chi connectivity index (χ3n) is 11.3. The molecule has 4 heterocycles. The third kappa shape index (κ3) is 7.71. The minimum absolute atomic E-state index is 0.00732. The van der Waals surface area contributed by atoms with Gasteiger partial charge in [-0.15, -0.1) is 0 Å². The number of halogens is 7. The van der Waals surface area contributed by atoms with E-state index in [0.29, 0.717) is 17.2 Å². The fourth-order valence-corrected chi connectivity index (χ4v) is 9.31. The molecule has 64 heavy (non-hydrogen) atoms. The molecule has 23 heteroatoms. The van der Waals surface area contributed by atoms with Gasteiger partial charge in [0.15, 0.2) is 5.82 Å². The van der Waals surface area contributed by atoms with Crippen molar-refractivity contribution in [1.82, 2.24) is 44.2 Å². The van der Waals surface area contributed by atoms with E-state index in [-0.39, 0.29) is 74.1 Å². The monoisotopic (exact) mass is 928 g/mol. The number of rotatable bonds is 14. The summed E-state index contributed by atoms with van der Waals surface area (Å²) in [5.41, 5.74) is -1.69. The lowest BCUT2D eigenvalue weighted by Gasteiger charge is -2.24. The maximum absolute atomic E-state index is 15.5. The summed E-state index contributed by atoms with van der Waals surface area (Å²) in [6.45, 7) is -0.797. The molecule has 0 bridgehead atoms. The summed E-state index contributed by atoms with van der Waals surface area (Å²) in [4.78, 5) is 34.0. The van der Waals surface area contributed by atoms with Crippen molar-refractivity contribution in [2.75, 3.05) is 17.6 Å². The molecule has 1 fully saturated rings. The standard InChI is InChI=1S/C41H35ClF6N10O5S/c1-55-22(8-10-49-55)9-11-63-23-4-5-24-28(16-23)51-39(58(40(24)60)30-7-6-27(42)33-35(30)56(2)53-38(33)54-64(3,61)62)29(14-19-12-20(43)15-21(44)13-19)50-31(59)18-57-36-32(34(52-57)37(45)46)25-17-26(25)41(36,47)48/h4-8,10,12-13,15-16,25-26,29,37H,9,11,14,17-18H2,1-3H3,(H,50,59)(H,53,54)/t25-,26+,29-/m0/s1. The molecule has 0 spiro atoms. The number of aryl methyl sites for hydroxylation is 2. The molecule has 3 atom stereocenters. The van der Waals surface area contributed by atoms with Crippen LogP contribution in [-0.4, -0.2) is 66.1 Å². The van der Waals surface area contributed by atoms with Gasteiger partial charge < -0.3 is 10.1 Å². The normalized spacial score (nSPS) is 16.9. The summed E-state index contributed by atoms with van der Waals surface area (Å²) in [7, 11) is -0.688. The predicted octanol–water partition coefficient (Wildman–Crippen LogP) is 6.37. The molecule has 2 aliphatic carbocycles. The maximum Gasteiger partial charge on any atom is 0.293 e. The van der Waals surface area contributed by atoms with Gasteiger partial charge in [-0.1, -0.05) is 11.6 Å². The second kappa shape index (κ2) is 15.7. The zero-order valence-electron chi connectivity index (χ0n) is 33.8. The van der Waals surface area contributed by atoms with Crippen molar-refractivity contribution < 1.29 is 44.3 Å². The lowest BCUT2D eigenvalue weighted by molar-refractivity contribution is -0.123. The molecule has 15 nitrogen and oxygen atoms in total. The minimum Gasteiger partial charge on any atom is -0.493 e. The molecular weight excluding hydrogens is 894 g/mol. The molecule has 0 saturated heterocycles. The molecule has 0 radical (unpaired) electrons. The van der Waals surface area contributed by atoms with Crippen LogP contribution >= 0.6 is 11.6 Å². The summed E-state index contributed by atoms with van der Waals surface area (Å²) in [5, 5.41) is 15.0. The molecule has 1 amide bonds. The van der Waals surface area contributed by atoms with E-state index in [1.807, 2.05) is 6.07 Å². The number of nitrogens with one attached hydrogen (secondary N) is 2. The van der Waals surface area contributed by atoms with Crippen LogP contribution in [0.4, 0.5) is 32.2 Å². The van der Waals surface area contributed by atoms with Crippen LogP contribution in [0.15, 0.2) is 65.6 Å². The van der Waals surface area contributed by atoms with E-state index in [0.717, 1.165) is 28.6 Å². The van der Waals surface area contributed by atoms with Crippen LogP contribution in [-0.2, 0) is 54.2 Å². The summed E-state index contributed by atoms with van der Waals surface area (Å²) in [6.07, 6.45) is -0.685.